The third kappa shape index (κ3) is 1.33. The molecule has 74 valence electrons. The standard InChI is InChI=1S/C7H9N5O2/c8-12-6(13)5(11-7(12)14)1-4-2-9-3-10-4/h2-3,5H,1,8H2,(H,9,10)(H,11,14). The number of H-pyrrole nitrogens is 1. The van der Waals surface area contributed by atoms with Crippen LogP contribution in [0.25, 0.3) is 0 Å². The molecule has 0 spiro atoms. The van der Waals surface area contributed by atoms with Gasteiger partial charge in [0.2, 0.25) is 0 Å². The van der Waals surface area contributed by atoms with E-state index in [0.29, 0.717) is 11.4 Å². The fraction of sp³-hybridized carbons (Fsp3) is 0.286. The molecule has 0 aliphatic carbocycles. The van der Waals surface area contributed by atoms with Crippen molar-refractivity contribution in [3.8, 4) is 0 Å². The molecular formula is C7H9N5O2. The van der Waals surface area contributed by atoms with Crippen LogP contribution in [0.3, 0.4) is 0 Å². The maximum absolute atomic E-state index is 11.3. The summed E-state index contributed by atoms with van der Waals surface area (Å²) in [5.41, 5.74) is 0.777. The molecule has 14 heavy (non-hydrogen) atoms. The number of amides is 3. The van der Waals surface area contributed by atoms with Crippen LogP contribution in [0.1, 0.15) is 5.69 Å². The van der Waals surface area contributed by atoms with E-state index >= 15 is 0 Å². The first-order valence-corrected chi connectivity index (χ1v) is 4.05. The fourth-order valence-corrected chi connectivity index (χ4v) is 1.30. The summed E-state index contributed by atoms with van der Waals surface area (Å²) in [4.78, 5) is 28.9. The molecule has 1 fully saturated rings. The zero-order chi connectivity index (χ0) is 10.1. The Morgan fingerprint density at radius 3 is 2.86 bits per heavy atom. The van der Waals surface area contributed by atoms with Crippen molar-refractivity contribution in [2.75, 3.05) is 0 Å². The molecule has 1 atom stereocenters. The van der Waals surface area contributed by atoms with Crippen molar-refractivity contribution in [2.45, 2.75) is 12.5 Å². The second kappa shape index (κ2) is 3.11. The number of rotatable bonds is 2. The quantitative estimate of drug-likeness (QED) is 0.311. The molecule has 0 radical (unpaired) electrons. The average molecular weight is 195 g/mol. The maximum Gasteiger partial charge on any atom is 0.339 e. The molecule has 7 heteroatoms. The third-order valence-electron chi connectivity index (χ3n) is 2.03. The third-order valence-corrected chi connectivity index (χ3v) is 2.03. The smallest absolute Gasteiger partial charge is 0.339 e. The Hall–Kier alpha value is -1.89. The number of carbonyl (C=O) groups excluding carboxylic acids is 2. The van der Waals surface area contributed by atoms with Crippen molar-refractivity contribution >= 4 is 11.9 Å². The van der Waals surface area contributed by atoms with Gasteiger partial charge in [0, 0.05) is 18.3 Å². The van der Waals surface area contributed by atoms with Crippen LogP contribution < -0.4 is 11.2 Å². The average Bonchev–Trinajstić information content (AvgIpc) is 2.73. The Morgan fingerprint density at radius 1 is 1.57 bits per heavy atom. The summed E-state index contributed by atoms with van der Waals surface area (Å²) in [5.74, 6) is 4.76. The number of nitrogens with one attached hydrogen (secondary N) is 2. The van der Waals surface area contributed by atoms with E-state index in [9.17, 15) is 9.59 Å². The predicted octanol–water partition coefficient (Wildman–Crippen LogP) is -1.25. The van der Waals surface area contributed by atoms with Crippen LogP contribution in [-0.2, 0) is 11.2 Å². The molecule has 1 aliphatic heterocycles. The van der Waals surface area contributed by atoms with E-state index in [0.717, 1.165) is 5.69 Å². The van der Waals surface area contributed by atoms with Crippen LogP contribution in [0.15, 0.2) is 12.5 Å². The van der Waals surface area contributed by atoms with E-state index in [-0.39, 0.29) is 0 Å². The summed E-state index contributed by atoms with van der Waals surface area (Å²) in [7, 11) is 0. The van der Waals surface area contributed by atoms with Crippen LogP contribution in [0.2, 0.25) is 0 Å². The lowest BCUT2D eigenvalue weighted by Gasteiger charge is -2.04. The van der Waals surface area contributed by atoms with Gasteiger partial charge in [0.1, 0.15) is 6.04 Å². The molecule has 0 saturated carbocycles. The zero-order valence-corrected chi connectivity index (χ0v) is 7.23. The van der Waals surface area contributed by atoms with Gasteiger partial charge < -0.3 is 10.3 Å². The maximum atomic E-state index is 11.3. The molecule has 2 heterocycles. The molecule has 1 aromatic rings. The zero-order valence-electron chi connectivity index (χ0n) is 7.23. The summed E-state index contributed by atoms with van der Waals surface area (Å²) < 4.78 is 0. The molecule has 3 amide bonds. The van der Waals surface area contributed by atoms with Crippen LogP contribution in [0, 0.1) is 0 Å². The van der Waals surface area contributed by atoms with Gasteiger partial charge in [0.15, 0.2) is 0 Å². The van der Waals surface area contributed by atoms with Crippen LogP contribution in [0.5, 0.6) is 0 Å². The summed E-state index contributed by atoms with van der Waals surface area (Å²) in [6, 6.07) is -1.16. The Morgan fingerprint density at radius 2 is 2.36 bits per heavy atom. The number of hydrogen-bond donors (Lipinski definition) is 3. The van der Waals surface area contributed by atoms with Crippen molar-refractivity contribution in [2.24, 2.45) is 5.84 Å². The lowest BCUT2D eigenvalue weighted by Crippen LogP contribution is -2.38. The van der Waals surface area contributed by atoms with Gasteiger partial charge in [-0.1, -0.05) is 0 Å². The summed E-state index contributed by atoms with van der Waals surface area (Å²) in [6.45, 7) is 0. The normalized spacial score (nSPS) is 21.5. The fourth-order valence-electron chi connectivity index (χ4n) is 1.30. The van der Waals surface area contributed by atoms with Crippen LogP contribution in [0.4, 0.5) is 4.79 Å². The molecule has 1 aromatic heterocycles. The van der Waals surface area contributed by atoms with E-state index in [1.54, 1.807) is 6.20 Å². The number of aromatic amines is 1. The highest BCUT2D eigenvalue weighted by atomic mass is 16.2. The molecule has 0 bridgehead atoms. The number of hydrazine groups is 1. The van der Waals surface area contributed by atoms with Gasteiger partial charge in [-0.3, -0.25) is 4.79 Å². The van der Waals surface area contributed by atoms with Crippen LogP contribution >= 0.6 is 0 Å². The number of urea groups is 1. The number of nitrogens with two attached hydrogens (primary N) is 1. The molecule has 0 aromatic carbocycles. The van der Waals surface area contributed by atoms with Gasteiger partial charge in [-0.15, -0.1) is 0 Å². The summed E-state index contributed by atoms with van der Waals surface area (Å²) >= 11 is 0. The minimum absolute atomic E-state index is 0.373. The minimum atomic E-state index is -0.590. The van der Waals surface area contributed by atoms with E-state index < -0.39 is 18.0 Å². The Bertz CT molecular complexity index is 360. The van der Waals surface area contributed by atoms with Gasteiger partial charge in [-0.2, -0.15) is 5.01 Å². The van der Waals surface area contributed by atoms with Crippen molar-refractivity contribution in [1.29, 1.82) is 0 Å². The van der Waals surface area contributed by atoms with Crippen molar-refractivity contribution in [3.05, 3.63) is 18.2 Å². The van der Waals surface area contributed by atoms with Crippen molar-refractivity contribution in [1.82, 2.24) is 20.3 Å². The second-order valence-corrected chi connectivity index (χ2v) is 2.99. The Labute approximate surface area is 79.3 Å². The number of carbonyl (C=O) groups is 2. The monoisotopic (exact) mass is 195 g/mol. The molecule has 7 nitrogen and oxygen atoms in total. The van der Waals surface area contributed by atoms with E-state index in [1.807, 2.05) is 0 Å². The van der Waals surface area contributed by atoms with Gasteiger partial charge in [0.05, 0.1) is 6.33 Å². The van der Waals surface area contributed by atoms with Crippen molar-refractivity contribution in [3.63, 3.8) is 0 Å². The topological polar surface area (TPSA) is 104 Å². The number of hydrogen-bond acceptors (Lipinski definition) is 4. The van der Waals surface area contributed by atoms with Gasteiger partial charge >= 0.3 is 6.03 Å². The molecule has 1 saturated heterocycles. The molecule has 1 aliphatic rings. The first-order chi connectivity index (χ1) is 6.68. The van der Waals surface area contributed by atoms with Crippen LogP contribution in [-0.4, -0.2) is 33.0 Å². The first-order valence-electron chi connectivity index (χ1n) is 4.05. The molecule has 2 rings (SSSR count). The minimum Gasteiger partial charge on any atom is -0.348 e. The molecule has 1 unspecified atom stereocenters. The predicted molar refractivity (Wildman–Crippen MR) is 45.6 cm³/mol. The van der Waals surface area contributed by atoms with E-state index in [4.69, 9.17) is 5.84 Å². The lowest BCUT2D eigenvalue weighted by atomic mass is 10.2. The highest BCUT2D eigenvalue weighted by molar-refractivity contribution is 6.03. The van der Waals surface area contributed by atoms with E-state index in [1.165, 1.54) is 6.33 Å². The van der Waals surface area contributed by atoms with E-state index in [2.05, 4.69) is 15.3 Å². The lowest BCUT2D eigenvalue weighted by molar-refractivity contribution is -0.127. The SMILES string of the molecule is NN1C(=O)NC(Cc2cnc[nH]2)C1=O. The van der Waals surface area contributed by atoms with Crippen molar-refractivity contribution < 1.29 is 9.59 Å². The number of aromatic nitrogens is 2. The Balaban J connectivity index is 2.07. The number of imidazole rings is 1. The number of imide groups is 1. The van der Waals surface area contributed by atoms with Gasteiger partial charge in [0.25, 0.3) is 5.91 Å². The Kier molecular flexibility index (Phi) is 1.93. The molecular weight excluding hydrogens is 186 g/mol. The first kappa shape index (κ1) is 8.70. The largest absolute Gasteiger partial charge is 0.348 e. The van der Waals surface area contributed by atoms with Gasteiger partial charge in [-0.05, 0) is 0 Å². The van der Waals surface area contributed by atoms with Gasteiger partial charge in [-0.25, -0.2) is 15.6 Å². The summed E-state index contributed by atoms with van der Waals surface area (Å²) in [5, 5.41) is 3.04. The molecule has 4 N–H and O–H groups in total. The highest BCUT2D eigenvalue weighted by Crippen LogP contribution is 2.06. The number of nitrogens with zero attached hydrogens (tertiary/aromatic N) is 2. The summed E-state index contributed by atoms with van der Waals surface area (Å²) in [6.07, 6.45) is 3.48. The second-order valence-electron chi connectivity index (χ2n) is 2.99. The highest BCUT2D eigenvalue weighted by Gasteiger charge is 2.36.